The molecule has 0 aliphatic rings. The number of hydrogen-bond acceptors (Lipinski definition) is 2. The molecule has 3 aromatic carbocycles. The van der Waals surface area contributed by atoms with Gasteiger partial charge < -0.3 is 14.8 Å². The number of aliphatic hydroxyl groups is 1. The Kier molecular flexibility index (Phi) is 3.99. The largest absolute Gasteiger partial charge is 0.868 e. The molecule has 0 unspecified atom stereocenters. The third-order valence-electron chi connectivity index (χ3n) is 5.34. The molecule has 0 saturated carbocycles. The highest BCUT2D eigenvalue weighted by molar-refractivity contribution is 6.07. The van der Waals surface area contributed by atoms with E-state index in [1.54, 1.807) is 12.1 Å². The van der Waals surface area contributed by atoms with Gasteiger partial charge in [0.2, 0.25) is 5.52 Å². The van der Waals surface area contributed by atoms with Crippen molar-refractivity contribution in [3.63, 3.8) is 0 Å². The van der Waals surface area contributed by atoms with Gasteiger partial charge in [0, 0.05) is 33.3 Å². The Hall–Kier alpha value is -3.37. The van der Waals surface area contributed by atoms with E-state index in [4.69, 9.17) is 0 Å². The van der Waals surface area contributed by atoms with Crippen molar-refractivity contribution in [1.29, 1.82) is 0 Å². The molecule has 2 heterocycles. The lowest BCUT2D eigenvalue weighted by Gasteiger charge is -2.14. The van der Waals surface area contributed by atoms with E-state index < -0.39 is 6.10 Å². The molecule has 0 aliphatic heterocycles. The van der Waals surface area contributed by atoms with Gasteiger partial charge in [0.25, 0.3) is 0 Å². The fourth-order valence-electron chi connectivity index (χ4n) is 4.15. The van der Waals surface area contributed by atoms with Crippen LogP contribution in [-0.4, -0.2) is 15.8 Å². The Morgan fingerprint density at radius 1 is 0.821 bits per heavy atom. The summed E-state index contributed by atoms with van der Waals surface area (Å²) in [5, 5.41) is 26.5. The summed E-state index contributed by atoms with van der Waals surface area (Å²) < 4.78 is 4.02. The van der Waals surface area contributed by atoms with Gasteiger partial charge in [-0.05, 0) is 30.0 Å². The fraction of sp³-hybridized carbons (Fsp3) is 0.125. The minimum atomic E-state index is -0.630. The van der Waals surface area contributed by atoms with Crippen LogP contribution in [0.3, 0.4) is 0 Å². The van der Waals surface area contributed by atoms with Gasteiger partial charge in [0.05, 0.1) is 6.54 Å². The van der Waals surface area contributed by atoms with Crippen LogP contribution in [0.4, 0.5) is 0 Å². The zero-order valence-corrected chi connectivity index (χ0v) is 15.3. The lowest BCUT2D eigenvalue weighted by molar-refractivity contribution is -0.680. The fourth-order valence-corrected chi connectivity index (χ4v) is 4.15. The summed E-state index contributed by atoms with van der Waals surface area (Å²) in [6.45, 7) is 0.815. The SMILES string of the molecule is [O-]c1cccc2ccc[n+](C[C@@H](O)Cn3c4ccccc4c4ccccc43)c12. The molecule has 0 amide bonds. The number of rotatable bonds is 4. The van der Waals surface area contributed by atoms with Gasteiger partial charge in [0.15, 0.2) is 12.7 Å². The molecule has 0 fully saturated rings. The molecule has 0 radical (unpaired) electrons. The van der Waals surface area contributed by atoms with Gasteiger partial charge in [-0.25, -0.2) is 0 Å². The number of fused-ring (bicyclic) bond motifs is 4. The Bertz CT molecular complexity index is 1250. The zero-order chi connectivity index (χ0) is 19.1. The summed E-state index contributed by atoms with van der Waals surface area (Å²) in [5.74, 6) is -0.0258. The first-order valence-electron chi connectivity index (χ1n) is 9.44. The summed E-state index contributed by atoms with van der Waals surface area (Å²) in [6.07, 6.45) is 1.23. The number of para-hydroxylation sites is 3. The highest BCUT2D eigenvalue weighted by Crippen LogP contribution is 2.29. The van der Waals surface area contributed by atoms with Gasteiger partial charge >= 0.3 is 0 Å². The first-order valence-corrected chi connectivity index (χ1v) is 9.44. The topological polar surface area (TPSA) is 52.1 Å². The van der Waals surface area contributed by atoms with Crippen molar-refractivity contribution in [2.24, 2.45) is 0 Å². The number of nitrogens with zero attached hydrogens (tertiary/aromatic N) is 2. The second-order valence-electron chi connectivity index (χ2n) is 7.15. The number of pyridine rings is 1. The lowest BCUT2D eigenvalue weighted by atomic mass is 10.2. The molecule has 0 saturated heterocycles. The van der Waals surface area contributed by atoms with Crippen LogP contribution in [0.1, 0.15) is 0 Å². The monoisotopic (exact) mass is 368 g/mol. The maximum atomic E-state index is 12.3. The molecule has 4 heteroatoms. The lowest BCUT2D eigenvalue weighted by Crippen LogP contribution is -2.42. The van der Waals surface area contributed by atoms with Crippen LogP contribution < -0.4 is 9.67 Å². The van der Waals surface area contributed by atoms with Gasteiger partial charge in [-0.2, -0.15) is 4.57 Å². The van der Waals surface area contributed by atoms with Gasteiger partial charge in [-0.1, -0.05) is 48.5 Å². The van der Waals surface area contributed by atoms with E-state index in [-0.39, 0.29) is 5.75 Å². The number of hydrogen-bond donors (Lipinski definition) is 1. The highest BCUT2D eigenvalue weighted by Gasteiger charge is 2.18. The summed E-state index contributed by atoms with van der Waals surface area (Å²) in [6, 6.07) is 25.6. The molecule has 4 nitrogen and oxygen atoms in total. The quantitative estimate of drug-likeness (QED) is 0.495. The minimum Gasteiger partial charge on any atom is -0.868 e. The average molecular weight is 368 g/mol. The Labute approximate surface area is 162 Å². The number of aromatic nitrogens is 2. The molecule has 138 valence electrons. The van der Waals surface area contributed by atoms with Crippen molar-refractivity contribution in [3.05, 3.63) is 85.1 Å². The van der Waals surface area contributed by atoms with Crippen LogP contribution in [0.5, 0.6) is 5.75 Å². The predicted molar refractivity (Wildman–Crippen MR) is 109 cm³/mol. The van der Waals surface area contributed by atoms with Crippen LogP contribution in [0, 0.1) is 0 Å². The maximum absolute atomic E-state index is 12.3. The number of aliphatic hydroxyl groups excluding tert-OH is 1. The second kappa shape index (κ2) is 6.66. The first-order chi connectivity index (χ1) is 13.7. The van der Waals surface area contributed by atoms with Gasteiger partial charge in [0.1, 0.15) is 6.10 Å². The molecule has 28 heavy (non-hydrogen) atoms. The molecule has 5 aromatic rings. The third kappa shape index (κ3) is 2.70. The van der Waals surface area contributed by atoms with Crippen molar-refractivity contribution >= 4 is 32.7 Å². The van der Waals surface area contributed by atoms with Crippen molar-refractivity contribution in [3.8, 4) is 5.75 Å². The maximum Gasteiger partial charge on any atom is 0.204 e. The van der Waals surface area contributed by atoms with E-state index in [0.717, 1.165) is 16.4 Å². The molecule has 2 aromatic heterocycles. The third-order valence-corrected chi connectivity index (χ3v) is 5.34. The Morgan fingerprint density at radius 2 is 1.46 bits per heavy atom. The molecule has 5 rings (SSSR count). The van der Waals surface area contributed by atoms with Crippen LogP contribution >= 0.6 is 0 Å². The molecule has 0 aliphatic carbocycles. The highest BCUT2D eigenvalue weighted by atomic mass is 16.3. The van der Waals surface area contributed by atoms with Crippen LogP contribution in [0.25, 0.3) is 32.7 Å². The normalized spacial score (nSPS) is 12.8. The van der Waals surface area contributed by atoms with E-state index in [0.29, 0.717) is 18.6 Å². The van der Waals surface area contributed by atoms with E-state index in [1.165, 1.54) is 10.8 Å². The smallest absolute Gasteiger partial charge is 0.204 e. The summed E-state index contributed by atoms with van der Waals surface area (Å²) >= 11 is 0. The summed E-state index contributed by atoms with van der Waals surface area (Å²) in [4.78, 5) is 0. The van der Waals surface area contributed by atoms with Crippen LogP contribution in [0.15, 0.2) is 85.1 Å². The molecule has 1 atom stereocenters. The minimum absolute atomic E-state index is 0.0258. The van der Waals surface area contributed by atoms with Crippen molar-refractivity contribution in [1.82, 2.24) is 4.57 Å². The van der Waals surface area contributed by atoms with Crippen molar-refractivity contribution in [2.45, 2.75) is 19.2 Å². The molecule has 0 bridgehead atoms. The molecule has 1 N–H and O–H groups in total. The Balaban J connectivity index is 1.54. The van der Waals surface area contributed by atoms with E-state index in [1.807, 2.05) is 53.2 Å². The predicted octanol–water partition coefficient (Wildman–Crippen LogP) is 3.37. The van der Waals surface area contributed by atoms with E-state index >= 15 is 0 Å². The van der Waals surface area contributed by atoms with E-state index in [9.17, 15) is 10.2 Å². The van der Waals surface area contributed by atoms with Crippen LogP contribution in [0.2, 0.25) is 0 Å². The van der Waals surface area contributed by atoms with Crippen molar-refractivity contribution < 1.29 is 14.8 Å². The zero-order valence-electron chi connectivity index (χ0n) is 15.3. The van der Waals surface area contributed by atoms with E-state index in [2.05, 4.69) is 28.8 Å². The van der Waals surface area contributed by atoms with Crippen LogP contribution in [-0.2, 0) is 13.1 Å². The van der Waals surface area contributed by atoms with Gasteiger partial charge in [-0.15, -0.1) is 0 Å². The molecule has 0 spiro atoms. The summed E-state index contributed by atoms with van der Waals surface area (Å²) in [7, 11) is 0. The molecular formula is C24H20N2O2. The average Bonchev–Trinajstić information content (AvgIpc) is 3.02. The Morgan fingerprint density at radius 3 is 2.18 bits per heavy atom. The second-order valence-corrected chi connectivity index (χ2v) is 7.15. The standard InChI is InChI=1S/C24H20N2O2/c27-18(15-25-14-6-8-17-7-5-13-23(28)24(17)25)16-26-21-11-3-1-9-19(21)20-10-2-4-12-22(20)26/h1-14,18,27H,15-16H2/t18-/m1/s1. The van der Waals surface area contributed by atoms with Crippen molar-refractivity contribution in [2.75, 3.05) is 0 Å². The van der Waals surface area contributed by atoms with Gasteiger partial charge in [-0.3, -0.25) is 0 Å². The summed E-state index contributed by atoms with van der Waals surface area (Å²) in [5.41, 5.74) is 2.84. The molecular weight excluding hydrogens is 348 g/mol. The first kappa shape index (κ1) is 16.8. The number of benzene rings is 3.